The Balaban J connectivity index is 1.95. The number of nitrogens with zero attached hydrogens (tertiary/aromatic N) is 2. The Kier molecular flexibility index (Phi) is 4.32. The molecule has 0 amide bonds. The molecule has 4 heteroatoms. The van der Waals surface area contributed by atoms with Gasteiger partial charge in [0, 0.05) is 22.3 Å². The van der Waals surface area contributed by atoms with Crippen LogP contribution >= 0.6 is 11.6 Å². The van der Waals surface area contributed by atoms with Crippen LogP contribution in [0.15, 0.2) is 24.4 Å². The number of hydrogen-bond acceptors (Lipinski definition) is 2. The molecule has 0 radical (unpaired) electrons. The third kappa shape index (κ3) is 2.85. The minimum Gasteiger partial charge on any atom is -0.310 e. The summed E-state index contributed by atoms with van der Waals surface area (Å²) in [5, 5.41) is 9.05. The van der Waals surface area contributed by atoms with Crippen molar-refractivity contribution in [3.8, 4) is 5.69 Å². The lowest BCUT2D eigenvalue weighted by atomic mass is 9.93. The summed E-state index contributed by atoms with van der Waals surface area (Å²) in [5.41, 5.74) is 4.84. The van der Waals surface area contributed by atoms with Gasteiger partial charge < -0.3 is 5.32 Å². The van der Waals surface area contributed by atoms with Crippen LogP contribution in [0, 0.1) is 6.92 Å². The van der Waals surface area contributed by atoms with Crippen molar-refractivity contribution >= 4 is 11.6 Å². The van der Waals surface area contributed by atoms with Crippen molar-refractivity contribution in [1.82, 2.24) is 15.1 Å². The van der Waals surface area contributed by atoms with E-state index in [4.69, 9.17) is 11.6 Å². The van der Waals surface area contributed by atoms with E-state index in [9.17, 15) is 0 Å². The van der Waals surface area contributed by atoms with Crippen LogP contribution in [0.25, 0.3) is 5.69 Å². The van der Waals surface area contributed by atoms with E-state index in [1.807, 2.05) is 19.2 Å². The highest BCUT2D eigenvalue weighted by molar-refractivity contribution is 6.31. The van der Waals surface area contributed by atoms with E-state index in [-0.39, 0.29) is 0 Å². The molecular formula is C17H22ClN3. The summed E-state index contributed by atoms with van der Waals surface area (Å²) in [6.07, 6.45) is 6.68. The van der Waals surface area contributed by atoms with Gasteiger partial charge in [-0.05, 0) is 56.8 Å². The molecule has 1 aromatic heterocycles. The Hall–Kier alpha value is -1.32. The van der Waals surface area contributed by atoms with Crippen LogP contribution in [-0.4, -0.2) is 16.3 Å². The SMILES string of the molecule is CCCNC1CCCc2c1cnn2-c1ccc(C)c(Cl)c1. The lowest BCUT2D eigenvalue weighted by Gasteiger charge is -2.24. The number of fused-ring (bicyclic) bond motifs is 1. The smallest absolute Gasteiger partial charge is 0.0663 e. The molecular weight excluding hydrogens is 282 g/mol. The predicted octanol–water partition coefficient (Wildman–Crippen LogP) is 4.21. The van der Waals surface area contributed by atoms with Crippen LogP contribution in [0.1, 0.15) is 49.0 Å². The van der Waals surface area contributed by atoms with Gasteiger partial charge in [0.15, 0.2) is 0 Å². The minimum absolute atomic E-state index is 0.448. The molecule has 112 valence electrons. The molecule has 1 aliphatic rings. The Bertz CT molecular complexity index is 633. The Morgan fingerprint density at radius 3 is 3.05 bits per heavy atom. The molecule has 1 heterocycles. The van der Waals surface area contributed by atoms with E-state index in [0.717, 1.165) is 35.7 Å². The molecule has 3 rings (SSSR count). The average molecular weight is 304 g/mol. The normalized spacial score (nSPS) is 17.8. The number of halogens is 1. The molecule has 0 fully saturated rings. The third-order valence-corrected chi connectivity index (χ3v) is 4.63. The second-order valence-electron chi connectivity index (χ2n) is 5.79. The first-order valence-electron chi connectivity index (χ1n) is 7.77. The Morgan fingerprint density at radius 2 is 2.29 bits per heavy atom. The molecule has 1 N–H and O–H groups in total. The highest BCUT2D eigenvalue weighted by atomic mass is 35.5. The largest absolute Gasteiger partial charge is 0.310 e. The molecule has 0 saturated heterocycles. The van der Waals surface area contributed by atoms with Gasteiger partial charge in [-0.15, -0.1) is 0 Å². The summed E-state index contributed by atoms with van der Waals surface area (Å²) in [7, 11) is 0. The summed E-state index contributed by atoms with van der Waals surface area (Å²) >= 11 is 6.26. The first-order chi connectivity index (χ1) is 10.2. The number of aryl methyl sites for hydroxylation is 1. The van der Waals surface area contributed by atoms with Gasteiger partial charge in [0.25, 0.3) is 0 Å². The standard InChI is InChI=1S/C17H22ClN3/c1-3-9-19-16-5-4-6-17-14(16)11-20-21(17)13-8-7-12(2)15(18)10-13/h7-8,10-11,16,19H,3-6,9H2,1-2H3. The maximum absolute atomic E-state index is 6.26. The van der Waals surface area contributed by atoms with E-state index in [1.165, 1.54) is 24.1 Å². The lowest BCUT2D eigenvalue weighted by Crippen LogP contribution is -2.25. The number of benzene rings is 1. The summed E-state index contributed by atoms with van der Waals surface area (Å²) in [6, 6.07) is 6.61. The van der Waals surface area contributed by atoms with E-state index in [0.29, 0.717) is 6.04 Å². The quantitative estimate of drug-likeness (QED) is 0.917. The van der Waals surface area contributed by atoms with Crippen LogP contribution in [0.3, 0.4) is 0 Å². The van der Waals surface area contributed by atoms with Gasteiger partial charge in [-0.1, -0.05) is 24.6 Å². The molecule has 1 atom stereocenters. The van der Waals surface area contributed by atoms with Gasteiger partial charge in [0.1, 0.15) is 0 Å². The first-order valence-corrected chi connectivity index (χ1v) is 8.15. The monoisotopic (exact) mass is 303 g/mol. The van der Waals surface area contributed by atoms with Crippen molar-refractivity contribution in [3.05, 3.63) is 46.2 Å². The molecule has 1 aliphatic carbocycles. The van der Waals surface area contributed by atoms with Crippen LogP contribution in [0.4, 0.5) is 0 Å². The molecule has 0 aliphatic heterocycles. The number of aromatic nitrogens is 2. The second-order valence-corrected chi connectivity index (χ2v) is 6.20. The van der Waals surface area contributed by atoms with Crippen molar-refractivity contribution in [2.45, 2.75) is 45.6 Å². The van der Waals surface area contributed by atoms with Crippen LogP contribution in [-0.2, 0) is 6.42 Å². The van der Waals surface area contributed by atoms with Gasteiger partial charge in [0.2, 0.25) is 0 Å². The van der Waals surface area contributed by atoms with Crippen LogP contribution in [0.2, 0.25) is 5.02 Å². The van der Waals surface area contributed by atoms with Gasteiger partial charge >= 0.3 is 0 Å². The third-order valence-electron chi connectivity index (χ3n) is 4.22. The molecule has 2 aromatic rings. The first kappa shape index (κ1) is 14.6. The predicted molar refractivity (Wildman–Crippen MR) is 87.3 cm³/mol. The molecule has 0 bridgehead atoms. The van der Waals surface area contributed by atoms with Crippen molar-refractivity contribution in [3.63, 3.8) is 0 Å². The average Bonchev–Trinajstić information content (AvgIpc) is 2.92. The fourth-order valence-electron chi connectivity index (χ4n) is 3.02. The fourth-order valence-corrected chi connectivity index (χ4v) is 3.20. The number of rotatable bonds is 4. The van der Waals surface area contributed by atoms with Gasteiger partial charge in [-0.3, -0.25) is 0 Å². The molecule has 21 heavy (non-hydrogen) atoms. The number of nitrogens with one attached hydrogen (secondary N) is 1. The molecule has 1 unspecified atom stereocenters. The van der Waals surface area contributed by atoms with Crippen molar-refractivity contribution < 1.29 is 0 Å². The van der Waals surface area contributed by atoms with E-state index >= 15 is 0 Å². The Labute approximate surface area is 131 Å². The summed E-state index contributed by atoms with van der Waals surface area (Å²) in [6.45, 7) is 5.29. The molecule has 0 spiro atoms. The highest BCUT2D eigenvalue weighted by Crippen LogP contribution is 2.31. The highest BCUT2D eigenvalue weighted by Gasteiger charge is 2.24. The van der Waals surface area contributed by atoms with Crippen molar-refractivity contribution in [2.24, 2.45) is 0 Å². The Morgan fingerprint density at radius 1 is 1.43 bits per heavy atom. The molecule has 0 saturated carbocycles. The van der Waals surface area contributed by atoms with Crippen molar-refractivity contribution in [1.29, 1.82) is 0 Å². The summed E-state index contributed by atoms with van der Waals surface area (Å²) in [4.78, 5) is 0. The van der Waals surface area contributed by atoms with Crippen molar-refractivity contribution in [2.75, 3.05) is 6.54 Å². The van der Waals surface area contributed by atoms with E-state index in [1.54, 1.807) is 0 Å². The topological polar surface area (TPSA) is 29.9 Å². The molecule has 3 nitrogen and oxygen atoms in total. The second kappa shape index (κ2) is 6.20. The maximum atomic E-state index is 6.26. The number of hydrogen-bond donors (Lipinski definition) is 1. The zero-order valence-corrected chi connectivity index (χ0v) is 13.5. The maximum Gasteiger partial charge on any atom is 0.0663 e. The summed E-state index contributed by atoms with van der Waals surface area (Å²) < 4.78 is 2.06. The van der Waals surface area contributed by atoms with Gasteiger partial charge in [0.05, 0.1) is 11.9 Å². The van der Waals surface area contributed by atoms with Gasteiger partial charge in [-0.2, -0.15) is 5.10 Å². The van der Waals surface area contributed by atoms with Crippen LogP contribution in [0.5, 0.6) is 0 Å². The van der Waals surface area contributed by atoms with E-state index in [2.05, 4.69) is 34.2 Å². The fraction of sp³-hybridized carbons (Fsp3) is 0.471. The van der Waals surface area contributed by atoms with Gasteiger partial charge in [-0.25, -0.2) is 4.68 Å². The zero-order chi connectivity index (χ0) is 14.8. The summed E-state index contributed by atoms with van der Waals surface area (Å²) in [5.74, 6) is 0. The minimum atomic E-state index is 0.448. The lowest BCUT2D eigenvalue weighted by molar-refractivity contribution is 0.456. The molecule has 1 aromatic carbocycles. The zero-order valence-electron chi connectivity index (χ0n) is 12.7. The van der Waals surface area contributed by atoms with E-state index < -0.39 is 0 Å². The van der Waals surface area contributed by atoms with Crippen LogP contribution < -0.4 is 5.32 Å².